The number of carboxylic acids is 2. The predicted molar refractivity (Wildman–Crippen MR) is 129 cm³/mol. The maximum absolute atomic E-state index is 9.55. The molecule has 0 aliphatic carbocycles. The number of hydrogen-bond donors (Lipinski definition) is 2. The molecule has 2 N–H and O–H groups in total. The van der Waals surface area contributed by atoms with Crippen molar-refractivity contribution in [1.82, 2.24) is 9.80 Å². The largest absolute Gasteiger partial charge is 0.497 e. The maximum Gasteiger partial charge on any atom is 0.328 e. The van der Waals surface area contributed by atoms with Crippen LogP contribution in [0.5, 0.6) is 5.75 Å². The fourth-order valence-corrected chi connectivity index (χ4v) is 3.87. The Balaban J connectivity index is 0.000000414. The van der Waals surface area contributed by atoms with E-state index in [2.05, 4.69) is 71.3 Å². The smallest absolute Gasteiger partial charge is 0.328 e. The molecule has 178 valence electrons. The van der Waals surface area contributed by atoms with E-state index in [0.29, 0.717) is 18.2 Å². The van der Waals surface area contributed by atoms with Crippen LogP contribution in [-0.2, 0) is 16.0 Å². The fraction of sp³-hybridized carbons (Fsp3) is 0.385. The Bertz CT molecular complexity index is 859. The number of rotatable bonds is 9. The summed E-state index contributed by atoms with van der Waals surface area (Å²) >= 11 is 0. The molecule has 1 heterocycles. The highest BCUT2D eigenvalue weighted by Crippen LogP contribution is 2.28. The van der Waals surface area contributed by atoms with Crippen molar-refractivity contribution in [3.8, 4) is 5.75 Å². The molecule has 1 aliphatic rings. The quantitative estimate of drug-likeness (QED) is 0.558. The second-order valence-corrected chi connectivity index (χ2v) is 7.79. The molecule has 1 unspecified atom stereocenters. The molecule has 1 fully saturated rings. The molecule has 7 heteroatoms. The van der Waals surface area contributed by atoms with Crippen LogP contribution in [0.3, 0.4) is 0 Å². The molecule has 33 heavy (non-hydrogen) atoms. The second-order valence-electron chi connectivity index (χ2n) is 7.79. The van der Waals surface area contributed by atoms with Crippen LogP contribution in [0, 0.1) is 0 Å². The van der Waals surface area contributed by atoms with Gasteiger partial charge in [0.15, 0.2) is 0 Å². The van der Waals surface area contributed by atoms with E-state index in [4.69, 9.17) is 14.9 Å². The van der Waals surface area contributed by atoms with Gasteiger partial charge in [-0.25, -0.2) is 9.59 Å². The van der Waals surface area contributed by atoms with Gasteiger partial charge in [0.1, 0.15) is 5.75 Å². The van der Waals surface area contributed by atoms with Crippen LogP contribution < -0.4 is 4.74 Å². The van der Waals surface area contributed by atoms with Crippen LogP contribution in [0.1, 0.15) is 30.5 Å². The molecule has 0 amide bonds. The van der Waals surface area contributed by atoms with E-state index in [1.54, 1.807) is 7.11 Å². The monoisotopic (exact) mass is 454 g/mol. The lowest BCUT2D eigenvalue weighted by Crippen LogP contribution is -2.47. The Morgan fingerprint density at radius 1 is 0.939 bits per heavy atom. The standard InChI is InChI=1S/C22H30N2O.C4H4O4/c1-3-23-15-17-24(18-16-23)22(14-9-19-7-5-4-6-8-19)20-10-12-21(25-2)13-11-20;5-3(6)1-2-4(7)8/h4-8,10-13,22H,3,9,14-18H2,1-2H3;1-2H,(H,5,6)(H,7,8)/b;2-1-. The van der Waals surface area contributed by atoms with Crippen LogP contribution in [0.25, 0.3) is 0 Å². The average Bonchev–Trinajstić information content (AvgIpc) is 2.84. The van der Waals surface area contributed by atoms with Crippen molar-refractivity contribution >= 4 is 11.9 Å². The third-order valence-electron chi connectivity index (χ3n) is 5.71. The van der Waals surface area contributed by atoms with Crippen molar-refractivity contribution in [3.63, 3.8) is 0 Å². The summed E-state index contributed by atoms with van der Waals surface area (Å²) in [6.07, 6.45) is 3.39. The van der Waals surface area contributed by atoms with Gasteiger partial charge in [0.2, 0.25) is 0 Å². The molecule has 1 aliphatic heterocycles. The highest BCUT2D eigenvalue weighted by molar-refractivity contribution is 5.89. The van der Waals surface area contributed by atoms with Gasteiger partial charge in [-0.2, -0.15) is 0 Å². The summed E-state index contributed by atoms with van der Waals surface area (Å²) in [5.41, 5.74) is 2.83. The first-order valence-corrected chi connectivity index (χ1v) is 11.2. The molecule has 2 aromatic rings. The molecular formula is C26H34N2O5. The van der Waals surface area contributed by atoms with E-state index in [-0.39, 0.29) is 0 Å². The van der Waals surface area contributed by atoms with Gasteiger partial charge in [-0.05, 0) is 42.6 Å². The Kier molecular flexibility index (Phi) is 11.1. The van der Waals surface area contributed by atoms with Crippen molar-refractivity contribution in [3.05, 3.63) is 77.9 Å². The van der Waals surface area contributed by atoms with E-state index in [1.165, 1.54) is 24.2 Å². The molecule has 2 aromatic carbocycles. The number of piperazine rings is 1. The first-order chi connectivity index (χ1) is 15.9. The van der Waals surface area contributed by atoms with Gasteiger partial charge in [-0.1, -0.05) is 49.4 Å². The van der Waals surface area contributed by atoms with Crippen molar-refractivity contribution in [1.29, 1.82) is 0 Å². The highest BCUT2D eigenvalue weighted by atomic mass is 16.5. The van der Waals surface area contributed by atoms with Crippen molar-refractivity contribution in [2.24, 2.45) is 0 Å². The fourth-order valence-electron chi connectivity index (χ4n) is 3.87. The van der Waals surface area contributed by atoms with E-state index in [0.717, 1.165) is 38.2 Å². The maximum atomic E-state index is 9.55. The molecule has 0 spiro atoms. The predicted octanol–water partition coefficient (Wildman–Crippen LogP) is 3.72. The van der Waals surface area contributed by atoms with Gasteiger partial charge in [-0.3, -0.25) is 4.90 Å². The number of methoxy groups -OCH3 is 1. The van der Waals surface area contributed by atoms with Gasteiger partial charge in [-0.15, -0.1) is 0 Å². The lowest BCUT2D eigenvalue weighted by atomic mass is 9.96. The molecule has 0 aromatic heterocycles. The number of aliphatic carboxylic acids is 2. The normalized spacial score (nSPS) is 15.5. The number of carbonyl (C=O) groups is 2. The van der Waals surface area contributed by atoms with E-state index in [9.17, 15) is 9.59 Å². The molecule has 3 rings (SSSR count). The molecule has 1 atom stereocenters. The van der Waals surface area contributed by atoms with Gasteiger partial charge in [0, 0.05) is 44.4 Å². The minimum atomic E-state index is -1.26. The summed E-state index contributed by atoms with van der Waals surface area (Å²) in [7, 11) is 1.73. The lowest BCUT2D eigenvalue weighted by molar-refractivity contribution is -0.134. The van der Waals surface area contributed by atoms with E-state index < -0.39 is 11.9 Å². The van der Waals surface area contributed by atoms with E-state index in [1.807, 2.05) is 0 Å². The summed E-state index contributed by atoms with van der Waals surface area (Å²) in [4.78, 5) is 24.3. The zero-order valence-corrected chi connectivity index (χ0v) is 19.4. The van der Waals surface area contributed by atoms with Crippen molar-refractivity contribution in [2.45, 2.75) is 25.8 Å². The number of carboxylic acid groups (broad SMARTS) is 2. The summed E-state index contributed by atoms with van der Waals surface area (Å²) < 4.78 is 5.33. The summed E-state index contributed by atoms with van der Waals surface area (Å²) in [5, 5.41) is 15.6. The third-order valence-corrected chi connectivity index (χ3v) is 5.71. The molecule has 0 radical (unpaired) electrons. The van der Waals surface area contributed by atoms with E-state index >= 15 is 0 Å². The number of benzene rings is 2. The highest BCUT2D eigenvalue weighted by Gasteiger charge is 2.24. The van der Waals surface area contributed by atoms with Gasteiger partial charge in [0.05, 0.1) is 7.11 Å². The zero-order valence-electron chi connectivity index (χ0n) is 19.4. The number of hydrogen-bond acceptors (Lipinski definition) is 5. The van der Waals surface area contributed by atoms with Crippen LogP contribution in [0.4, 0.5) is 0 Å². The SMILES string of the molecule is CCN1CCN(C(CCc2ccccc2)c2ccc(OC)cc2)CC1.O=C(O)/C=C\C(=O)O. The number of likely N-dealkylation sites (N-methyl/N-ethyl adjacent to an activating group) is 1. The van der Waals surface area contributed by atoms with Crippen LogP contribution in [-0.4, -0.2) is 71.8 Å². The summed E-state index contributed by atoms with van der Waals surface area (Å²) in [6, 6.07) is 20.0. The van der Waals surface area contributed by atoms with Gasteiger partial charge in [0.25, 0.3) is 0 Å². The first-order valence-electron chi connectivity index (χ1n) is 11.2. The molecular weight excluding hydrogens is 420 g/mol. The van der Waals surface area contributed by atoms with Crippen molar-refractivity contribution in [2.75, 3.05) is 39.8 Å². The third kappa shape index (κ3) is 9.47. The Hall–Kier alpha value is -3.16. The lowest BCUT2D eigenvalue weighted by Gasteiger charge is -2.39. The minimum absolute atomic E-state index is 0.477. The number of aryl methyl sites for hydroxylation is 1. The minimum Gasteiger partial charge on any atom is -0.497 e. The number of nitrogens with zero attached hydrogens (tertiary/aromatic N) is 2. The van der Waals surface area contributed by atoms with Crippen LogP contribution in [0.15, 0.2) is 66.7 Å². The first kappa shape index (κ1) is 26.1. The topological polar surface area (TPSA) is 90.3 Å². The molecule has 7 nitrogen and oxygen atoms in total. The Morgan fingerprint density at radius 3 is 2.00 bits per heavy atom. The molecule has 0 saturated carbocycles. The molecule has 0 bridgehead atoms. The number of ether oxygens (including phenoxy) is 1. The molecule has 1 saturated heterocycles. The Morgan fingerprint density at radius 2 is 1.52 bits per heavy atom. The summed E-state index contributed by atoms with van der Waals surface area (Å²) in [6.45, 7) is 8.07. The van der Waals surface area contributed by atoms with Gasteiger partial charge >= 0.3 is 11.9 Å². The Labute approximate surface area is 195 Å². The van der Waals surface area contributed by atoms with Crippen molar-refractivity contribution < 1.29 is 24.5 Å². The average molecular weight is 455 g/mol. The van der Waals surface area contributed by atoms with Crippen LogP contribution in [0.2, 0.25) is 0 Å². The van der Waals surface area contributed by atoms with Crippen LogP contribution >= 0.6 is 0 Å². The zero-order chi connectivity index (χ0) is 24.1. The van der Waals surface area contributed by atoms with Gasteiger partial charge < -0.3 is 19.8 Å². The second kappa shape index (κ2) is 14.1. The summed E-state index contributed by atoms with van der Waals surface area (Å²) in [5.74, 6) is -1.58.